The van der Waals surface area contributed by atoms with Gasteiger partial charge in [-0.15, -0.1) is 0 Å². The average Bonchev–Trinajstić information content (AvgIpc) is 3.66. The fourth-order valence-electron chi connectivity index (χ4n) is 9.78. The molecule has 2 N–H and O–H groups in total. The van der Waals surface area contributed by atoms with Crippen LogP contribution in [0.5, 0.6) is 5.75 Å². The Hall–Kier alpha value is -4.79. The van der Waals surface area contributed by atoms with Gasteiger partial charge in [-0.2, -0.15) is 5.10 Å². The lowest BCUT2D eigenvalue weighted by Crippen LogP contribution is -2.52. The van der Waals surface area contributed by atoms with Crippen LogP contribution in [-0.4, -0.2) is 117 Å². The largest absolute Gasteiger partial charge is 0.488 e. The molecule has 4 aliphatic heterocycles. The number of imide groups is 1. The second-order valence-corrected chi connectivity index (χ2v) is 18.0. The number of carbonyl (C=O) groups is 3. The lowest BCUT2D eigenvalue weighted by Gasteiger charge is -2.40. The first-order chi connectivity index (χ1) is 28.7. The average molecular weight is 822 g/mol. The molecule has 59 heavy (non-hydrogen) atoms. The van der Waals surface area contributed by atoms with E-state index in [1.54, 1.807) is 11.2 Å². The molecule has 10 rings (SSSR count). The van der Waals surface area contributed by atoms with Crippen molar-refractivity contribution in [3.63, 3.8) is 0 Å². The SMILES string of the molecule is CC1(Oc2ccc3[nH]nc(-c4cc(N5CCN(C[C@H]6CC[C@H](OC7CCN(c8ccc9c(c8Cl)CN(C8CCC(=O)NC8=O)C9=O)CC7)CC6)CC5)ncn4)c3c2)CC1. The molecule has 2 aromatic carbocycles. The fraction of sp³-hybridized carbons (Fsp3) is 0.545. The smallest absolute Gasteiger partial charge is 0.255 e. The third kappa shape index (κ3) is 7.86. The van der Waals surface area contributed by atoms with E-state index in [1.165, 1.54) is 12.8 Å². The number of piperazine rings is 1. The number of nitrogens with one attached hydrogen (secondary N) is 2. The number of aromatic nitrogens is 4. The maximum atomic E-state index is 13.2. The molecule has 0 spiro atoms. The monoisotopic (exact) mass is 821 g/mol. The topological polar surface area (TPSA) is 149 Å². The molecule has 6 heterocycles. The Balaban J connectivity index is 0.667. The summed E-state index contributed by atoms with van der Waals surface area (Å²) in [5.41, 5.74) is 4.78. The van der Waals surface area contributed by atoms with E-state index in [0.29, 0.717) is 29.0 Å². The third-order valence-electron chi connectivity index (χ3n) is 13.6. The molecular formula is C44H52ClN9O5. The minimum Gasteiger partial charge on any atom is -0.488 e. The molecule has 2 saturated carbocycles. The Kier molecular flexibility index (Phi) is 10.2. The van der Waals surface area contributed by atoms with Crippen molar-refractivity contribution in [2.24, 2.45) is 5.92 Å². The Morgan fingerprint density at radius 2 is 1.64 bits per heavy atom. The van der Waals surface area contributed by atoms with Crippen LogP contribution in [-0.2, 0) is 20.9 Å². The number of benzene rings is 2. The summed E-state index contributed by atoms with van der Waals surface area (Å²) in [7, 11) is 0. The summed E-state index contributed by atoms with van der Waals surface area (Å²) in [6.07, 6.45) is 11.4. The first-order valence-electron chi connectivity index (χ1n) is 21.5. The van der Waals surface area contributed by atoms with Crippen LogP contribution in [0.3, 0.4) is 0 Å². The number of H-pyrrole nitrogens is 1. The van der Waals surface area contributed by atoms with Gasteiger partial charge in [-0.25, -0.2) is 9.97 Å². The summed E-state index contributed by atoms with van der Waals surface area (Å²) >= 11 is 6.96. The molecule has 15 heteroatoms. The summed E-state index contributed by atoms with van der Waals surface area (Å²) in [5, 5.41) is 11.7. The number of piperidine rings is 2. The zero-order valence-corrected chi connectivity index (χ0v) is 34.4. The maximum Gasteiger partial charge on any atom is 0.255 e. The Bertz CT molecular complexity index is 2260. The number of anilines is 2. The summed E-state index contributed by atoms with van der Waals surface area (Å²) in [6, 6.07) is 11.3. The van der Waals surface area contributed by atoms with Gasteiger partial charge in [-0.1, -0.05) is 11.6 Å². The fourth-order valence-corrected chi connectivity index (χ4v) is 10.1. The van der Waals surface area contributed by atoms with E-state index in [9.17, 15) is 14.4 Å². The first-order valence-corrected chi connectivity index (χ1v) is 21.9. The molecular weight excluding hydrogens is 770 g/mol. The second kappa shape index (κ2) is 15.7. The molecule has 2 aromatic heterocycles. The maximum absolute atomic E-state index is 13.2. The highest BCUT2D eigenvalue weighted by Gasteiger charge is 2.41. The molecule has 4 aromatic rings. The van der Waals surface area contributed by atoms with Gasteiger partial charge in [0.25, 0.3) is 5.91 Å². The van der Waals surface area contributed by atoms with Gasteiger partial charge in [0.1, 0.15) is 35.2 Å². The molecule has 0 radical (unpaired) electrons. The zero-order valence-electron chi connectivity index (χ0n) is 33.6. The Morgan fingerprint density at radius 3 is 2.41 bits per heavy atom. The number of halogens is 1. The molecule has 2 aliphatic carbocycles. The van der Waals surface area contributed by atoms with Crippen LogP contribution in [0.1, 0.15) is 87.1 Å². The molecule has 0 bridgehead atoms. The lowest BCUT2D eigenvalue weighted by molar-refractivity contribution is -0.136. The van der Waals surface area contributed by atoms with Crippen molar-refractivity contribution in [1.82, 2.24) is 35.3 Å². The van der Waals surface area contributed by atoms with E-state index in [0.717, 1.165) is 129 Å². The summed E-state index contributed by atoms with van der Waals surface area (Å²) < 4.78 is 12.9. The highest BCUT2D eigenvalue weighted by Crippen LogP contribution is 2.42. The molecule has 14 nitrogen and oxygen atoms in total. The predicted octanol–water partition coefficient (Wildman–Crippen LogP) is 5.73. The molecule has 5 fully saturated rings. The van der Waals surface area contributed by atoms with Crippen molar-refractivity contribution in [3.05, 3.63) is 58.9 Å². The van der Waals surface area contributed by atoms with Crippen LogP contribution < -0.4 is 19.9 Å². The predicted molar refractivity (Wildman–Crippen MR) is 224 cm³/mol. The van der Waals surface area contributed by atoms with E-state index in [-0.39, 0.29) is 36.5 Å². The van der Waals surface area contributed by atoms with Crippen molar-refractivity contribution in [1.29, 1.82) is 0 Å². The van der Waals surface area contributed by atoms with Crippen molar-refractivity contribution in [2.75, 3.05) is 55.6 Å². The number of nitrogens with zero attached hydrogens (tertiary/aromatic N) is 7. The molecule has 6 aliphatic rings. The second-order valence-electron chi connectivity index (χ2n) is 17.7. The number of fused-ring (bicyclic) bond motifs is 2. The lowest BCUT2D eigenvalue weighted by atomic mass is 9.86. The van der Waals surface area contributed by atoms with Gasteiger partial charge < -0.3 is 24.2 Å². The van der Waals surface area contributed by atoms with Gasteiger partial charge >= 0.3 is 0 Å². The number of hydrogen-bond donors (Lipinski definition) is 2. The Labute approximate surface area is 348 Å². The number of amides is 3. The van der Waals surface area contributed by atoms with Crippen molar-refractivity contribution in [2.45, 2.75) is 102 Å². The van der Waals surface area contributed by atoms with Gasteiger partial charge in [0.15, 0.2) is 0 Å². The highest BCUT2D eigenvalue weighted by atomic mass is 35.5. The van der Waals surface area contributed by atoms with Crippen LogP contribution in [0, 0.1) is 5.92 Å². The van der Waals surface area contributed by atoms with E-state index < -0.39 is 11.9 Å². The van der Waals surface area contributed by atoms with Gasteiger partial charge in [0.2, 0.25) is 11.8 Å². The summed E-state index contributed by atoms with van der Waals surface area (Å²) in [5.74, 6) is 1.59. The molecule has 3 saturated heterocycles. The molecule has 1 unspecified atom stereocenters. The van der Waals surface area contributed by atoms with E-state index in [4.69, 9.17) is 21.1 Å². The van der Waals surface area contributed by atoms with Crippen molar-refractivity contribution >= 4 is 51.7 Å². The Morgan fingerprint density at radius 1 is 0.864 bits per heavy atom. The third-order valence-corrected chi connectivity index (χ3v) is 14.0. The van der Waals surface area contributed by atoms with Crippen molar-refractivity contribution in [3.8, 4) is 17.1 Å². The van der Waals surface area contributed by atoms with E-state index in [1.807, 2.05) is 24.3 Å². The molecule has 1 atom stereocenters. The standard InChI is InChI=1S/C44H52ClN9O5/c1-44(14-15-44)59-30-6-8-34-32(22-30)41(50-49-34)35-23-38(47-26-46-35)53-20-18-51(19-21-53)24-27-2-4-28(5-3-27)58-29-12-16-52(17-13-29)36-9-7-31-33(40(36)45)25-54(43(31)57)37-10-11-39(55)48-42(37)56/h6-9,22-23,26-29,37H,2-5,10-21,24-25H2,1H3,(H,49,50)(H,48,55,56)/t27-,28-,37?. The molecule has 310 valence electrons. The summed E-state index contributed by atoms with van der Waals surface area (Å²) in [6.45, 7) is 9.13. The number of carbonyl (C=O) groups excluding carboxylic acids is 3. The van der Waals surface area contributed by atoms with E-state index >= 15 is 0 Å². The zero-order chi connectivity index (χ0) is 40.3. The highest BCUT2D eigenvalue weighted by molar-refractivity contribution is 6.35. The van der Waals surface area contributed by atoms with Crippen molar-refractivity contribution < 1.29 is 23.9 Å². The van der Waals surface area contributed by atoms with Gasteiger partial charge in [-0.05, 0) is 101 Å². The number of rotatable bonds is 10. The first kappa shape index (κ1) is 38.4. The summed E-state index contributed by atoms with van der Waals surface area (Å²) in [4.78, 5) is 55.5. The van der Waals surface area contributed by atoms with Gasteiger partial charge in [-0.3, -0.25) is 29.7 Å². The minimum atomic E-state index is -0.654. The van der Waals surface area contributed by atoms with Crippen LogP contribution in [0.25, 0.3) is 22.3 Å². The van der Waals surface area contributed by atoms with Gasteiger partial charge in [0, 0.05) is 81.4 Å². The van der Waals surface area contributed by atoms with Crippen LogP contribution in [0.15, 0.2) is 42.7 Å². The van der Waals surface area contributed by atoms with Crippen LogP contribution >= 0.6 is 11.6 Å². The van der Waals surface area contributed by atoms with E-state index in [2.05, 4.69) is 59.2 Å². The number of aromatic amines is 1. The number of hydrogen-bond acceptors (Lipinski definition) is 11. The minimum absolute atomic E-state index is 0.0426. The number of ether oxygens (including phenoxy) is 2. The van der Waals surface area contributed by atoms with Gasteiger partial charge in [0.05, 0.1) is 34.1 Å². The molecule has 3 amide bonds. The van der Waals surface area contributed by atoms with Crippen LogP contribution in [0.4, 0.5) is 11.5 Å². The normalized spacial score (nSPS) is 25.1. The quantitative estimate of drug-likeness (QED) is 0.189. The van der Waals surface area contributed by atoms with Crippen LogP contribution in [0.2, 0.25) is 5.02 Å².